The van der Waals surface area contributed by atoms with Gasteiger partial charge in [-0.3, -0.25) is 4.79 Å². The summed E-state index contributed by atoms with van der Waals surface area (Å²) in [6, 6.07) is 0.569. The number of piperidine rings is 1. The van der Waals surface area contributed by atoms with E-state index in [-0.39, 0.29) is 5.56 Å². The van der Waals surface area contributed by atoms with Crippen molar-refractivity contribution in [1.29, 1.82) is 0 Å². The molecule has 1 aliphatic rings. The number of rotatable bonds is 5. The van der Waals surface area contributed by atoms with Gasteiger partial charge < -0.3 is 10.2 Å². The summed E-state index contributed by atoms with van der Waals surface area (Å²) in [6.45, 7) is 9.66. The van der Waals surface area contributed by atoms with Crippen molar-refractivity contribution in [1.82, 2.24) is 15.1 Å². The van der Waals surface area contributed by atoms with Crippen molar-refractivity contribution in [3.63, 3.8) is 0 Å². The van der Waals surface area contributed by atoms with E-state index in [1.165, 1.54) is 4.68 Å². The normalized spacial score (nSPS) is 16.7. The molecule has 0 unspecified atom stereocenters. The maximum Gasteiger partial charge on any atom is 0.287 e. The second kappa shape index (κ2) is 7.27. The zero-order chi connectivity index (χ0) is 15.4. The molecule has 1 aliphatic heterocycles. The molecule has 0 spiro atoms. The molecular formula is C15H25ClN4O. The summed E-state index contributed by atoms with van der Waals surface area (Å²) in [4.78, 5) is 14.4. The van der Waals surface area contributed by atoms with Gasteiger partial charge in [-0.15, -0.1) is 0 Å². The molecule has 0 atom stereocenters. The van der Waals surface area contributed by atoms with Gasteiger partial charge in [0.05, 0.1) is 11.9 Å². The molecule has 2 heterocycles. The molecule has 6 heteroatoms. The Morgan fingerprint density at radius 3 is 2.67 bits per heavy atom. The van der Waals surface area contributed by atoms with Gasteiger partial charge in [0.25, 0.3) is 5.56 Å². The fraction of sp³-hybridized carbons (Fsp3) is 0.733. The molecule has 1 fully saturated rings. The quantitative estimate of drug-likeness (QED) is 0.905. The average Bonchev–Trinajstić information content (AvgIpc) is 2.45. The molecule has 21 heavy (non-hydrogen) atoms. The van der Waals surface area contributed by atoms with E-state index in [0.717, 1.165) is 38.2 Å². The first-order chi connectivity index (χ1) is 10.0. The van der Waals surface area contributed by atoms with E-state index in [2.05, 4.69) is 36.1 Å². The molecule has 118 valence electrons. The van der Waals surface area contributed by atoms with Gasteiger partial charge in [-0.1, -0.05) is 32.4 Å². The molecule has 5 nitrogen and oxygen atoms in total. The van der Waals surface area contributed by atoms with Crippen LogP contribution in [0.4, 0.5) is 5.69 Å². The zero-order valence-corrected chi connectivity index (χ0v) is 13.9. The van der Waals surface area contributed by atoms with Crippen LogP contribution in [0.3, 0.4) is 0 Å². The highest BCUT2D eigenvalue weighted by Crippen LogP contribution is 2.24. The Bertz CT molecular complexity index is 521. The number of nitrogens with one attached hydrogen (secondary N) is 1. The number of hydrogen-bond donors (Lipinski definition) is 1. The summed E-state index contributed by atoms with van der Waals surface area (Å²) in [5.41, 5.74) is 0.591. The number of nitrogens with zero attached hydrogens (tertiary/aromatic N) is 3. The SMILES string of the molecule is CCNC1CCN(c2cnn(CC(C)C)c(=O)c2Cl)CC1. The molecule has 1 saturated heterocycles. The van der Waals surface area contributed by atoms with Gasteiger partial charge in [-0.05, 0) is 25.3 Å². The molecule has 1 N–H and O–H groups in total. The van der Waals surface area contributed by atoms with Crippen molar-refractivity contribution >= 4 is 17.3 Å². The first-order valence-corrected chi connectivity index (χ1v) is 8.14. The van der Waals surface area contributed by atoms with Crippen LogP contribution in [0.1, 0.15) is 33.6 Å². The molecule has 1 aromatic rings. The molecule has 0 amide bonds. The van der Waals surface area contributed by atoms with Crippen LogP contribution in [0.5, 0.6) is 0 Å². The Kier molecular flexibility index (Phi) is 5.65. The number of hydrogen-bond acceptors (Lipinski definition) is 4. The Morgan fingerprint density at radius 2 is 2.10 bits per heavy atom. The van der Waals surface area contributed by atoms with E-state index in [0.29, 0.717) is 23.5 Å². The third-order valence-corrected chi connectivity index (χ3v) is 4.19. The van der Waals surface area contributed by atoms with Crippen LogP contribution in [0.15, 0.2) is 11.0 Å². The molecule has 0 radical (unpaired) electrons. The summed E-state index contributed by atoms with van der Waals surface area (Å²) in [7, 11) is 0. The van der Waals surface area contributed by atoms with E-state index in [9.17, 15) is 4.79 Å². The maximum atomic E-state index is 12.3. The van der Waals surface area contributed by atoms with Crippen molar-refractivity contribution in [2.75, 3.05) is 24.5 Å². The summed E-state index contributed by atoms with van der Waals surface area (Å²) >= 11 is 6.28. The highest BCUT2D eigenvalue weighted by molar-refractivity contribution is 6.33. The summed E-state index contributed by atoms with van der Waals surface area (Å²) in [5.74, 6) is 0.368. The van der Waals surface area contributed by atoms with Crippen molar-refractivity contribution in [2.45, 2.75) is 46.2 Å². The van der Waals surface area contributed by atoms with Crippen LogP contribution in [-0.4, -0.2) is 35.5 Å². The van der Waals surface area contributed by atoms with Gasteiger partial charge in [-0.25, -0.2) is 4.68 Å². The highest BCUT2D eigenvalue weighted by Gasteiger charge is 2.22. The van der Waals surface area contributed by atoms with Gasteiger partial charge in [0.2, 0.25) is 0 Å². The monoisotopic (exact) mass is 312 g/mol. The van der Waals surface area contributed by atoms with Crippen molar-refractivity contribution < 1.29 is 0 Å². The molecule has 0 saturated carbocycles. The van der Waals surface area contributed by atoms with E-state index >= 15 is 0 Å². The van der Waals surface area contributed by atoms with E-state index in [4.69, 9.17) is 11.6 Å². The first kappa shape index (κ1) is 16.3. The predicted octanol–water partition coefficient (Wildman–Crippen LogP) is 2.13. The van der Waals surface area contributed by atoms with E-state index in [1.54, 1.807) is 6.20 Å². The number of halogens is 1. The Hall–Kier alpha value is -1.07. The van der Waals surface area contributed by atoms with Crippen LogP contribution in [0.25, 0.3) is 0 Å². The Morgan fingerprint density at radius 1 is 1.43 bits per heavy atom. The molecule has 0 bridgehead atoms. The molecule has 0 aliphatic carbocycles. The van der Waals surface area contributed by atoms with Crippen LogP contribution >= 0.6 is 11.6 Å². The molecular weight excluding hydrogens is 288 g/mol. The Labute approximate surface area is 131 Å². The van der Waals surface area contributed by atoms with Crippen LogP contribution < -0.4 is 15.8 Å². The lowest BCUT2D eigenvalue weighted by atomic mass is 10.0. The van der Waals surface area contributed by atoms with Crippen molar-refractivity contribution in [2.24, 2.45) is 5.92 Å². The van der Waals surface area contributed by atoms with Crippen LogP contribution in [-0.2, 0) is 6.54 Å². The second-order valence-corrected chi connectivity index (χ2v) is 6.42. The van der Waals surface area contributed by atoms with Crippen LogP contribution in [0.2, 0.25) is 5.02 Å². The minimum Gasteiger partial charge on any atom is -0.369 e. The van der Waals surface area contributed by atoms with E-state index in [1.807, 2.05) is 0 Å². The van der Waals surface area contributed by atoms with Crippen molar-refractivity contribution in [3.8, 4) is 0 Å². The molecule has 0 aromatic carbocycles. The minimum atomic E-state index is -0.184. The summed E-state index contributed by atoms with van der Waals surface area (Å²) in [5, 5.41) is 8.04. The van der Waals surface area contributed by atoms with Gasteiger partial charge in [0.15, 0.2) is 0 Å². The topological polar surface area (TPSA) is 50.2 Å². The fourth-order valence-electron chi connectivity index (χ4n) is 2.77. The van der Waals surface area contributed by atoms with Crippen LogP contribution in [0, 0.1) is 5.92 Å². The van der Waals surface area contributed by atoms with Gasteiger partial charge in [0.1, 0.15) is 5.02 Å². The Balaban J connectivity index is 2.11. The maximum absolute atomic E-state index is 12.3. The zero-order valence-electron chi connectivity index (χ0n) is 13.1. The second-order valence-electron chi connectivity index (χ2n) is 6.04. The first-order valence-electron chi connectivity index (χ1n) is 7.76. The lowest BCUT2D eigenvalue weighted by Crippen LogP contribution is -2.43. The third kappa shape index (κ3) is 3.98. The molecule has 2 rings (SSSR count). The van der Waals surface area contributed by atoms with Gasteiger partial charge in [-0.2, -0.15) is 5.10 Å². The average molecular weight is 313 g/mol. The minimum absolute atomic E-state index is 0.184. The third-order valence-electron chi connectivity index (χ3n) is 3.83. The van der Waals surface area contributed by atoms with E-state index < -0.39 is 0 Å². The lowest BCUT2D eigenvalue weighted by Gasteiger charge is -2.34. The lowest BCUT2D eigenvalue weighted by molar-refractivity contribution is 0.422. The fourth-order valence-corrected chi connectivity index (χ4v) is 3.03. The summed E-state index contributed by atoms with van der Waals surface area (Å²) < 4.78 is 1.46. The molecule has 1 aromatic heterocycles. The smallest absolute Gasteiger partial charge is 0.287 e. The largest absolute Gasteiger partial charge is 0.369 e. The number of aromatic nitrogens is 2. The van der Waals surface area contributed by atoms with Gasteiger partial charge in [0, 0.05) is 25.7 Å². The summed E-state index contributed by atoms with van der Waals surface area (Å²) in [6.07, 6.45) is 3.87. The standard InChI is InChI=1S/C15H25ClN4O/c1-4-17-12-5-7-19(8-6-12)13-9-18-20(10-11(2)3)15(21)14(13)16/h9,11-12,17H,4-8,10H2,1-3H3. The van der Waals surface area contributed by atoms with Crippen molar-refractivity contribution in [3.05, 3.63) is 21.6 Å². The van der Waals surface area contributed by atoms with Gasteiger partial charge >= 0.3 is 0 Å². The highest BCUT2D eigenvalue weighted by atomic mass is 35.5. The predicted molar refractivity (Wildman–Crippen MR) is 87.3 cm³/mol. The number of anilines is 1.